The largest absolute Gasteiger partial charge is 0.507 e. The fraction of sp³-hybridized carbons (Fsp3) is 0.167. The Labute approximate surface area is 174 Å². The van der Waals surface area contributed by atoms with Crippen molar-refractivity contribution in [2.75, 3.05) is 14.2 Å². The van der Waals surface area contributed by atoms with Crippen molar-refractivity contribution in [1.29, 1.82) is 0 Å². The molecule has 0 fully saturated rings. The van der Waals surface area contributed by atoms with Gasteiger partial charge in [0.25, 0.3) is 5.91 Å². The van der Waals surface area contributed by atoms with Crippen LogP contribution in [0.4, 0.5) is 0 Å². The molecule has 0 saturated heterocycles. The number of hydrogen-bond acceptors (Lipinski definition) is 4. The Hall–Kier alpha value is -3.80. The monoisotopic (exact) mass is 401 g/mol. The van der Waals surface area contributed by atoms with E-state index in [2.05, 4.69) is 10.2 Å². The molecule has 0 saturated carbocycles. The number of carbonyl (C=O) groups excluding carboxylic acids is 1. The van der Waals surface area contributed by atoms with Crippen LogP contribution in [0, 0.1) is 0 Å². The van der Waals surface area contributed by atoms with Crippen molar-refractivity contribution in [1.82, 2.24) is 15.1 Å². The van der Waals surface area contributed by atoms with Crippen LogP contribution >= 0.6 is 0 Å². The molecule has 152 valence electrons. The minimum absolute atomic E-state index is 0.0657. The lowest BCUT2D eigenvalue weighted by molar-refractivity contribution is 0.0782. The van der Waals surface area contributed by atoms with E-state index in [4.69, 9.17) is 4.74 Å². The number of benzene rings is 3. The van der Waals surface area contributed by atoms with Gasteiger partial charge in [-0.2, -0.15) is 5.10 Å². The van der Waals surface area contributed by atoms with Crippen molar-refractivity contribution >= 4 is 16.8 Å². The average molecular weight is 401 g/mol. The number of amides is 1. The SMILES string of the molecule is COc1cccc(Cc2n[nH]c3cc(O)c(C(=O)N(C)Cc4ccccc4)cc23)c1. The van der Waals surface area contributed by atoms with E-state index in [-0.39, 0.29) is 17.2 Å². The van der Waals surface area contributed by atoms with Gasteiger partial charge in [-0.25, -0.2) is 0 Å². The normalized spacial score (nSPS) is 10.9. The van der Waals surface area contributed by atoms with E-state index in [0.717, 1.165) is 28.0 Å². The molecule has 4 aromatic rings. The summed E-state index contributed by atoms with van der Waals surface area (Å²) in [5.41, 5.74) is 3.82. The first-order chi connectivity index (χ1) is 14.5. The van der Waals surface area contributed by atoms with E-state index in [1.807, 2.05) is 54.6 Å². The number of ether oxygens (including phenoxy) is 1. The molecule has 0 radical (unpaired) electrons. The zero-order valence-electron chi connectivity index (χ0n) is 16.9. The maximum Gasteiger partial charge on any atom is 0.257 e. The average Bonchev–Trinajstić information content (AvgIpc) is 3.14. The quantitative estimate of drug-likeness (QED) is 0.509. The van der Waals surface area contributed by atoms with E-state index >= 15 is 0 Å². The standard InChI is InChI=1S/C24H23N3O3/c1-27(15-16-7-4-3-5-8-16)24(29)20-13-19-21(25-26-22(19)14-23(20)28)12-17-9-6-10-18(11-17)30-2/h3-11,13-14,28H,12,15H2,1-2H3,(H,25,26). The van der Waals surface area contributed by atoms with Crippen LogP contribution in [0.1, 0.15) is 27.2 Å². The Kier molecular flexibility index (Phi) is 5.39. The number of fused-ring (bicyclic) bond motifs is 1. The summed E-state index contributed by atoms with van der Waals surface area (Å²) in [6.45, 7) is 0.458. The molecule has 1 amide bonds. The number of H-pyrrole nitrogens is 1. The molecule has 3 aromatic carbocycles. The molecule has 0 atom stereocenters. The first-order valence-electron chi connectivity index (χ1n) is 9.67. The number of rotatable bonds is 6. The van der Waals surface area contributed by atoms with E-state index in [1.165, 1.54) is 0 Å². The van der Waals surface area contributed by atoms with Crippen LogP contribution in [0.2, 0.25) is 0 Å². The van der Waals surface area contributed by atoms with Crippen LogP contribution in [0.5, 0.6) is 11.5 Å². The summed E-state index contributed by atoms with van der Waals surface area (Å²) in [5.74, 6) is 0.471. The molecule has 6 nitrogen and oxygen atoms in total. The number of nitrogens with one attached hydrogen (secondary N) is 1. The van der Waals surface area contributed by atoms with Crippen LogP contribution in [-0.2, 0) is 13.0 Å². The molecule has 0 aliphatic carbocycles. The van der Waals surface area contributed by atoms with Gasteiger partial charge in [0.15, 0.2) is 0 Å². The number of phenols is 1. The van der Waals surface area contributed by atoms with Crippen molar-refractivity contribution in [3.05, 3.63) is 89.1 Å². The molecular formula is C24H23N3O3. The smallest absolute Gasteiger partial charge is 0.257 e. The summed E-state index contributed by atoms with van der Waals surface area (Å²) in [7, 11) is 3.36. The zero-order chi connectivity index (χ0) is 21.1. The lowest BCUT2D eigenvalue weighted by Crippen LogP contribution is -2.26. The minimum Gasteiger partial charge on any atom is -0.507 e. The van der Waals surface area contributed by atoms with E-state index < -0.39 is 0 Å². The Morgan fingerprint density at radius 2 is 1.83 bits per heavy atom. The van der Waals surface area contributed by atoms with Crippen LogP contribution in [0.3, 0.4) is 0 Å². The van der Waals surface area contributed by atoms with Gasteiger partial charge in [-0.3, -0.25) is 9.89 Å². The molecule has 0 aliphatic heterocycles. The summed E-state index contributed by atoms with van der Waals surface area (Å²) in [5, 5.41) is 18.6. The van der Waals surface area contributed by atoms with Crippen molar-refractivity contribution in [2.45, 2.75) is 13.0 Å². The lowest BCUT2D eigenvalue weighted by Gasteiger charge is -2.18. The number of hydrogen-bond donors (Lipinski definition) is 2. The number of aromatic nitrogens is 2. The molecular weight excluding hydrogens is 378 g/mol. The predicted octanol–water partition coefficient (Wildman–Crippen LogP) is 4.14. The van der Waals surface area contributed by atoms with E-state index in [1.54, 1.807) is 31.2 Å². The van der Waals surface area contributed by atoms with Crippen molar-refractivity contribution in [3.8, 4) is 11.5 Å². The third-order valence-corrected chi connectivity index (χ3v) is 5.10. The third-order valence-electron chi connectivity index (χ3n) is 5.10. The van der Waals surface area contributed by atoms with Gasteiger partial charge in [-0.15, -0.1) is 0 Å². The van der Waals surface area contributed by atoms with E-state index in [0.29, 0.717) is 18.5 Å². The zero-order valence-corrected chi connectivity index (χ0v) is 16.9. The fourth-order valence-electron chi connectivity index (χ4n) is 3.52. The van der Waals surface area contributed by atoms with Gasteiger partial charge in [-0.1, -0.05) is 42.5 Å². The van der Waals surface area contributed by atoms with Gasteiger partial charge < -0.3 is 14.7 Å². The maximum atomic E-state index is 13.0. The first-order valence-corrected chi connectivity index (χ1v) is 9.67. The Bertz CT molecular complexity index is 1190. The Balaban J connectivity index is 1.63. The Morgan fingerprint density at radius 1 is 1.07 bits per heavy atom. The molecule has 2 N–H and O–H groups in total. The number of carbonyl (C=O) groups is 1. The third kappa shape index (κ3) is 3.98. The van der Waals surface area contributed by atoms with Gasteiger partial charge in [0.1, 0.15) is 11.5 Å². The molecule has 0 unspecified atom stereocenters. The summed E-state index contributed by atoms with van der Waals surface area (Å²) in [6, 6.07) is 20.8. The van der Waals surface area contributed by atoms with Gasteiger partial charge in [0.05, 0.1) is 23.9 Å². The molecule has 1 heterocycles. The second kappa shape index (κ2) is 8.29. The predicted molar refractivity (Wildman–Crippen MR) is 116 cm³/mol. The van der Waals surface area contributed by atoms with Crippen molar-refractivity contribution < 1.29 is 14.6 Å². The van der Waals surface area contributed by atoms with Gasteiger partial charge in [-0.05, 0) is 29.3 Å². The fourth-order valence-corrected chi connectivity index (χ4v) is 3.52. The molecule has 0 bridgehead atoms. The molecule has 30 heavy (non-hydrogen) atoms. The molecule has 6 heteroatoms. The summed E-state index contributed by atoms with van der Waals surface area (Å²) < 4.78 is 5.29. The summed E-state index contributed by atoms with van der Waals surface area (Å²) in [4.78, 5) is 14.6. The van der Waals surface area contributed by atoms with Crippen molar-refractivity contribution in [2.24, 2.45) is 0 Å². The van der Waals surface area contributed by atoms with Crippen LogP contribution < -0.4 is 4.74 Å². The maximum absolute atomic E-state index is 13.0. The van der Waals surface area contributed by atoms with E-state index in [9.17, 15) is 9.90 Å². The molecule has 0 aliphatic rings. The molecule has 0 spiro atoms. The summed E-state index contributed by atoms with van der Waals surface area (Å²) >= 11 is 0. The molecule has 1 aromatic heterocycles. The second-order valence-electron chi connectivity index (χ2n) is 7.26. The Morgan fingerprint density at radius 3 is 2.60 bits per heavy atom. The molecule has 4 rings (SSSR count). The van der Waals surface area contributed by atoms with Crippen molar-refractivity contribution in [3.63, 3.8) is 0 Å². The number of nitrogens with zero attached hydrogens (tertiary/aromatic N) is 2. The number of aromatic amines is 1. The van der Waals surface area contributed by atoms with Crippen LogP contribution in [0.25, 0.3) is 10.9 Å². The highest BCUT2D eigenvalue weighted by Crippen LogP contribution is 2.28. The highest BCUT2D eigenvalue weighted by molar-refractivity contribution is 6.01. The van der Waals surface area contributed by atoms with Gasteiger partial charge >= 0.3 is 0 Å². The highest BCUT2D eigenvalue weighted by atomic mass is 16.5. The number of aromatic hydroxyl groups is 1. The lowest BCUT2D eigenvalue weighted by atomic mass is 10.0. The van der Waals surface area contributed by atoms with Gasteiger partial charge in [0.2, 0.25) is 0 Å². The van der Waals surface area contributed by atoms with Crippen LogP contribution in [-0.4, -0.2) is 40.3 Å². The number of methoxy groups -OCH3 is 1. The van der Waals surface area contributed by atoms with Gasteiger partial charge in [0, 0.05) is 31.5 Å². The number of phenolic OH excluding ortho intramolecular Hbond substituents is 1. The first kappa shape index (κ1) is 19.5. The van der Waals surface area contributed by atoms with Crippen LogP contribution in [0.15, 0.2) is 66.7 Å². The summed E-state index contributed by atoms with van der Waals surface area (Å²) in [6.07, 6.45) is 0.579. The second-order valence-corrected chi connectivity index (χ2v) is 7.26. The minimum atomic E-state index is -0.244. The topological polar surface area (TPSA) is 78.5 Å². The highest BCUT2D eigenvalue weighted by Gasteiger charge is 2.19.